The Morgan fingerprint density at radius 3 is 2.71 bits per heavy atom. The molecular formula is C28H30N4O3. The Hall–Kier alpha value is -3.78. The van der Waals surface area contributed by atoms with Crippen molar-refractivity contribution in [3.05, 3.63) is 108 Å². The van der Waals surface area contributed by atoms with Crippen LogP contribution in [0.5, 0.6) is 0 Å². The van der Waals surface area contributed by atoms with E-state index in [0.717, 1.165) is 42.7 Å². The number of pyridine rings is 1. The summed E-state index contributed by atoms with van der Waals surface area (Å²) in [7, 11) is 0. The van der Waals surface area contributed by atoms with Gasteiger partial charge in [0.25, 0.3) is 5.91 Å². The van der Waals surface area contributed by atoms with Crippen LogP contribution in [0.4, 0.5) is 0 Å². The van der Waals surface area contributed by atoms with Crippen LogP contribution in [-0.4, -0.2) is 45.7 Å². The number of hydroxylamine groups is 1. The minimum Gasteiger partial charge on any atom is -0.375 e. The number of aromatic nitrogens is 2. The van der Waals surface area contributed by atoms with Crippen molar-refractivity contribution in [1.29, 1.82) is 0 Å². The average Bonchev–Trinajstić information content (AvgIpc) is 3.32. The fourth-order valence-corrected chi connectivity index (χ4v) is 3.96. The largest absolute Gasteiger partial charge is 0.375 e. The second-order valence-corrected chi connectivity index (χ2v) is 8.35. The number of hydrogen-bond acceptors (Lipinski definition) is 5. The summed E-state index contributed by atoms with van der Waals surface area (Å²) in [6.45, 7) is 3.67. The number of carbonyl (C=O) groups excluding carboxylic acids is 1. The Labute approximate surface area is 205 Å². The monoisotopic (exact) mass is 470 g/mol. The van der Waals surface area contributed by atoms with Gasteiger partial charge in [-0.3, -0.25) is 19.9 Å². The van der Waals surface area contributed by atoms with Gasteiger partial charge < -0.3 is 9.72 Å². The van der Waals surface area contributed by atoms with Crippen molar-refractivity contribution in [2.45, 2.75) is 19.6 Å². The standard InChI is InChI=1S/C28H30N4O3/c33-28(31-34)12-11-22-7-9-23(10-8-22)20-32(16-17-35-21-24-4-3-14-29-18-24)15-13-25-19-30-27-6-2-1-5-26(25)27/h1-12,14,18-19,30,34H,13,15-17,20-21H2,(H,31,33)/b12-11+. The SMILES string of the molecule is O=C(/C=C/c1ccc(CN(CCOCc2cccnc2)CCc2c[nH]c3ccccc23)cc1)NO. The van der Waals surface area contributed by atoms with Crippen LogP contribution in [0.1, 0.15) is 22.3 Å². The molecule has 2 aromatic heterocycles. The molecule has 0 radical (unpaired) electrons. The molecule has 180 valence electrons. The van der Waals surface area contributed by atoms with E-state index in [0.29, 0.717) is 13.2 Å². The average molecular weight is 471 g/mol. The molecule has 1 amide bonds. The van der Waals surface area contributed by atoms with Gasteiger partial charge in [0.15, 0.2) is 0 Å². The molecule has 4 aromatic rings. The number of H-pyrrole nitrogens is 1. The molecule has 35 heavy (non-hydrogen) atoms. The number of rotatable bonds is 12. The van der Waals surface area contributed by atoms with Crippen LogP contribution < -0.4 is 5.48 Å². The number of fused-ring (bicyclic) bond motifs is 1. The fraction of sp³-hybridized carbons (Fsp3) is 0.214. The smallest absolute Gasteiger partial charge is 0.267 e. The molecule has 0 aliphatic rings. The number of nitrogens with zero attached hydrogens (tertiary/aromatic N) is 2. The van der Waals surface area contributed by atoms with E-state index in [4.69, 9.17) is 9.94 Å². The molecule has 2 aromatic carbocycles. The lowest BCUT2D eigenvalue weighted by molar-refractivity contribution is -0.124. The van der Waals surface area contributed by atoms with Gasteiger partial charge in [-0.2, -0.15) is 0 Å². The lowest BCUT2D eigenvalue weighted by atomic mass is 10.1. The summed E-state index contributed by atoms with van der Waals surface area (Å²) < 4.78 is 5.92. The molecule has 0 aliphatic heterocycles. The molecule has 0 saturated heterocycles. The highest BCUT2D eigenvalue weighted by atomic mass is 16.5. The first-order chi connectivity index (χ1) is 17.2. The highest BCUT2D eigenvalue weighted by Gasteiger charge is 2.10. The van der Waals surface area contributed by atoms with E-state index < -0.39 is 5.91 Å². The van der Waals surface area contributed by atoms with Gasteiger partial charge in [0.1, 0.15) is 0 Å². The summed E-state index contributed by atoms with van der Waals surface area (Å²) in [5, 5.41) is 9.88. The molecule has 0 spiro atoms. The highest BCUT2D eigenvalue weighted by molar-refractivity contribution is 5.90. The van der Waals surface area contributed by atoms with Crippen LogP contribution in [0.25, 0.3) is 17.0 Å². The Morgan fingerprint density at radius 2 is 1.91 bits per heavy atom. The summed E-state index contributed by atoms with van der Waals surface area (Å²) >= 11 is 0. The normalized spacial score (nSPS) is 11.5. The number of carbonyl (C=O) groups is 1. The minimum atomic E-state index is -0.552. The van der Waals surface area contributed by atoms with E-state index in [1.54, 1.807) is 17.8 Å². The number of para-hydroxylation sites is 1. The fourth-order valence-electron chi connectivity index (χ4n) is 3.96. The predicted octanol–water partition coefficient (Wildman–Crippen LogP) is 4.34. The Bertz CT molecular complexity index is 1240. The van der Waals surface area contributed by atoms with Gasteiger partial charge in [0.05, 0.1) is 13.2 Å². The van der Waals surface area contributed by atoms with Crippen molar-refractivity contribution in [3.8, 4) is 0 Å². The van der Waals surface area contributed by atoms with Gasteiger partial charge in [-0.05, 0) is 46.9 Å². The molecular weight excluding hydrogens is 440 g/mol. The maximum Gasteiger partial charge on any atom is 0.267 e. The summed E-state index contributed by atoms with van der Waals surface area (Å²) in [4.78, 5) is 21.1. The van der Waals surface area contributed by atoms with E-state index in [1.165, 1.54) is 22.6 Å². The lowest BCUT2D eigenvalue weighted by Crippen LogP contribution is -2.29. The van der Waals surface area contributed by atoms with Gasteiger partial charge >= 0.3 is 0 Å². The second kappa shape index (κ2) is 12.6. The highest BCUT2D eigenvalue weighted by Crippen LogP contribution is 2.19. The summed E-state index contributed by atoms with van der Waals surface area (Å²) in [6, 6.07) is 20.4. The maximum absolute atomic E-state index is 11.2. The van der Waals surface area contributed by atoms with E-state index in [2.05, 4.69) is 51.4 Å². The predicted molar refractivity (Wildman–Crippen MR) is 137 cm³/mol. The van der Waals surface area contributed by atoms with Gasteiger partial charge in [0, 0.05) is 55.2 Å². The molecule has 2 heterocycles. The molecule has 0 atom stereocenters. The van der Waals surface area contributed by atoms with Crippen molar-refractivity contribution in [3.63, 3.8) is 0 Å². The van der Waals surface area contributed by atoms with Crippen molar-refractivity contribution in [2.75, 3.05) is 19.7 Å². The zero-order valence-corrected chi connectivity index (χ0v) is 19.6. The van der Waals surface area contributed by atoms with E-state index in [-0.39, 0.29) is 0 Å². The minimum absolute atomic E-state index is 0.548. The Morgan fingerprint density at radius 1 is 1.06 bits per heavy atom. The lowest BCUT2D eigenvalue weighted by Gasteiger charge is -2.22. The number of ether oxygens (including phenoxy) is 1. The Balaban J connectivity index is 1.37. The molecule has 0 fully saturated rings. The zero-order chi connectivity index (χ0) is 24.3. The Kier molecular flexibility index (Phi) is 8.78. The van der Waals surface area contributed by atoms with Crippen molar-refractivity contribution in [2.24, 2.45) is 0 Å². The third-order valence-electron chi connectivity index (χ3n) is 5.84. The molecule has 3 N–H and O–H groups in total. The second-order valence-electron chi connectivity index (χ2n) is 8.35. The molecule has 0 bridgehead atoms. The van der Waals surface area contributed by atoms with Crippen LogP contribution >= 0.6 is 0 Å². The summed E-state index contributed by atoms with van der Waals surface area (Å²) in [5.74, 6) is -0.552. The number of nitrogens with one attached hydrogen (secondary N) is 2. The molecule has 7 heteroatoms. The van der Waals surface area contributed by atoms with Crippen molar-refractivity contribution >= 4 is 22.9 Å². The molecule has 4 rings (SSSR count). The van der Waals surface area contributed by atoms with E-state index >= 15 is 0 Å². The van der Waals surface area contributed by atoms with Crippen LogP contribution in [-0.2, 0) is 29.1 Å². The topological polar surface area (TPSA) is 90.5 Å². The third kappa shape index (κ3) is 7.35. The molecule has 0 unspecified atom stereocenters. The molecule has 0 saturated carbocycles. The molecule has 7 nitrogen and oxygen atoms in total. The van der Waals surface area contributed by atoms with Gasteiger partial charge in [-0.25, -0.2) is 5.48 Å². The summed E-state index contributed by atoms with van der Waals surface area (Å²) in [5.41, 5.74) is 7.20. The van der Waals surface area contributed by atoms with Crippen molar-refractivity contribution in [1.82, 2.24) is 20.3 Å². The van der Waals surface area contributed by atoms with Crippen LogP contribution in [0.2, 0.25) is 0 Å². The summed E-state index contributed by atoms with van der Waals surface area (Å²) in [6.07, 6.45) is 9.58. The van der Waals surface area contributed by atoms with Gasteiger partial charge in [0.2, 0.25) is 0 Å². The number of amides is 1. The van der Waals surface area contributed by atoms with Crippen LogP contribution in [0, 0.1) is 0 Å². The first-order valence-corrected chi connectivity index (χ1v) is 11.7. The number of aromatic amines is 1. The zero-order valence-electron chi connectivity index (χ0n) is 19.6. The van der Waals surface area contributed by atoms with Gasteiger partial charge in [-0.15, -0.1) is 0 Å². The quantitative estimate of drug-likeness (QED) is 0.124. The number of benzene rings is 2. The first-order valence-electron chi connectivity index (χ1n) is 11.7. The maximum atomic E-state index is 11.2. The van der Waals surface area contributed by atoms with Gasteiger partial charge in [-0.1, -0.05) is 48.5 Å². The van der Waals surface area contributed by atoms with Crippen molar-refractivity contribution < 1.29 is 14.7 Å². The van der Waals surface area contributed by atoms with E-state index in [1.807, 2.05) is 36.5 Å². The third-order valence-corrected chi connectivity index (χ3v) is 5.84. The van der Waals surface area contributed by atoms with Crippen LogP contribution in [0.15, 0.2) is 85.3 Å². The van der Waals surface area contributed by atoms with E-state index in [9.17, 15) is 4.79 Å². The molecule has 0 aliphatic carbocycles. The first kappa shape index (κ1) is 24.3. The number of hydrogen-bond donors (Lipinski definition) is 3. The van der Waals surface area contributed by atoms with Crippen LogP contribution in [0.3, 0.4) is 0 Å².